The molecule has 0 radical (unpaired) electrons. The summed E-state index contributed by atoms with van der Waals surface area (Å²) in [5.41, 5.74) is -13.9. The molecule has 0 aliphatic heterocycles. The Morgan fingerprint density at radius 2 is 0.269 bits per heavy atom. The Kier molecular flexibility index (Phi) is 77.8. The first-order chi connectivity index (χ1) is 30.7. The molecule has 0 rings (SSSR count). The monoisotopic (exact) mass is 1460 g/mol. The minimum Gasteiger partial charge on any atom is -0.691 e. The van der Waals surface area contributed by atoms with Crippen molar-refractivity contribution in [2.75, 3.05) is 79.3 Å². The number of hydrogen-bond acceptors (Lipinski definition) is 24. The molecule has 67 heavy (non-hydrogen) atoms. The maximum atomic E-state index is 5.20. The zero-order valence-electron chi connectivity index (χ0n) is 41.9. The fraction of sp³-hybridized carbons (Fsp3) is 1.00. The van der Waals surface area contributed by atoms with E-state index in [1.54, 1.807) is 0 Å². The van der Waals surface area contributed by atoms with Gasteiger partial charge in [0.1, 0.15) is 0 Å². The predicted molar refractivity (Wildman–Crippen MR) is 325 cm³/mol. The largest absolute Gasteiger partial charge is 0.691 e. The maximum Gasteiger partial charge on any atom is 0.0563 e. The second kappa shape index (κ2) is 59.9. The summed E-state index contributed by atoms with van der Waals surface area (Å²) in [6.07, 6.45) is 11.2. The van der Waals surface area contributed by atoms with E-state index >= 15 is 0 Å². The third-order valence-corrected chi connectivity index (χ3v) is 19.0. The van der Waals surface area contributed by atoms with E-state index in [0.717, 1.165) is 77.0 Å². The van der Waals surface area contributed by atoms with Crippen LogP contribution < -0.4 is 0 Å². The van der Waals surface area contributed by atoms with Crippen molar-refractivity contribution in [3.63, 3.8) is 0 Å². The first kappa shape index (κ1) is 87.1. The fourth-order valence-corrected chi connectivity index (χ4v) is 13.3. The van der Waals surface area contributed by atoms with E-state index in [0.29, 0.717) is 79.3 Å². The zero-order valence-corrected chi connectivity index (χ0v) is 60.0. The van der Waals surface area contributed by atoms with Gasteiger partial charge in [-0.25, -0.2) is 0 Å². The van der Waals surface area contributed by atoms with Gasteiger partial charge in [0.25, 0.3) is 0 Å². The molecule has 0 spiro atoms. The zero-order chi connectivity index (χ0) is 52.5. The standard InChI is InChI=1S/6C6H15O2PS2.W/c6*1-3-5-7-9(10,11)8-6-4-2;/h6*3-6H2,1-2H3,(H,10,11);/p-6. The Morgan fingerprint density at radius 1 is 0.209 bits per heavy atom. The van der Waals surface area contributed by atoms with Gasteiger partial charge < -0.3 is 128 Å². The average Bonchev–Trinajstić information content (AvgIpc) is 3.27. The smallest absolute Gasteiger partial charge is 0.0563 e. The molecule has 0 unspecified atom stereocenters. The van der Waals surface area contributed by atoms with Gasteiger partial charge in [-0.3, -0.25) is 0 Å². The van der Waals surface area contributed by atoms with Gasteiger partial charge in [0.05, 0.1) is 113 Å². The van der Waals surface area contributed by atoms with Crippen LogP contribution in [-0.2, 0) is 220 Å². The Morgan fingerprint density at radius 3 is 0.313 bits per heavy atom. The molecule has 0 heterocycles. The Balaban J connectivity index is -0.000000129. The van der Waals surface area contributed by atoms with Crippen molar-refractivity contribution >= 4 is 178 Å². The Labute approximate surface area is 487 Å². The van der Waals surface area contributed by atoms with E-state index < -0.39 is 34.2 Å². The average molecular weight is 1460 g/mol. The van der Waals surface area contributed by atoms with Gasteiger partial charge in [0, 0.05) is 21.1 Å². The molecule has 0 atom stereocenters. The minimum atomic E-state index is -2.31. The van der Waals surface area contributed by atoms with Crippen LogP contribution in [-0.4, -0.2) is 79.3 Å². The van der Waals surface area contributed by atoms with Crippen LogP contribution >= 0.6 is 34.2 Å². The molecule has 0 aromatic carbocycles. The van der Waals surface area contributed by atoms with Crippen molar-refractivity contribution in [2.45, 2.75) is 160 Å². The summed E-state index contributed by atoms with van der Waals surface area (Å²) in [6, 6.07) is 0. The second-order valence-corrected chi connectivity index (χ2v) is 42.6. The molecular formula is C36H84O12P6S12W-6. The van der Waals surface area contributed by atoms with E-state index in [2.05, 4.69) is 0 Å². The van der Waals surface area contributed by atoms with E-state index in [1.165, 1.54) is 0 Å². The van der Waals surface area contributed by atoms with E-state index in [9.17, 15) is 0 Å². The fourth-order valence-electron chi connectivity index (χ4n) is 2.66. The van der Waals surface area contributed by atoms with Crippen LogP contribution in [0.25, 0.3) is 0 Å². The molecule has 0 bridgehead atoms. The van der Waals surface area contributed by atoms with Gasteiger partial charge >= 0.3 is 0 Å². The van der Waals surface area contributed by atoms with E-state index in [4.69, 9.17) is 199 Å². The molecule has 12 nitrogen and oxygen atoms in total. The summed E-state index contributed by atoms with van der Waals surface area (Å²) in [4.78, 5) is 0. The normalized spacial score (nSPS) is 11.7. The Bertz CT molecular complexity index is 1030. The van der Waals surface area contributed by atoms with Crippen LogP contribution in [0.4, 0.5) is 0 Å². The molecule has 31 heteroatoms. The number of hydrogen-bond donors (Lipinski definition) is 0. The van der Waals surface area contributed by atoms with Gasteiger partial charge in [-0.2, -0.15) is 0 Å². The first-order valence-corrected chi connectivity index (χ1v) is 44.2. The van der Waals surface area contributed by atoms with Crippen molar-refractivity contribution in [3.8, 4) is 0 Å². The van der Waals surface area contributed by atoms with Gasteiger partial charge in [-0.05, 0) is 77.0 Å². The van der Waals surface area contributed by atoms with Gasteiger partial charge in [-0.15, -0.1) is 0 Å². The molecule has 0 fully saturated rings. The van der Waals surface area contributed by atoms with Crippen molar-refractivity contribution < 1.29 is 75.4 Å². The molecule has 0 saturated carbocycles. The van der Waals surface area contributed by atoms with Gasteiger partial charge in [0.2, 0.25) is 0 Å². The summed E-state index contributed by atoms with van der Waals surface area (Å²) in [5.74, 6) is 0. The van der Waals surface area contributed by atoms with Crippen molar-refractivity contribution in [1.82, 2.24) is 0 Å². The van der Waals surface area contributed by atoms with Gasteiger partial charge in [0.15, 0.2) is 0 Å². The molecule has 0 aromatic rings. The molecule has 0 aliphatic carbocycles. The van der Waals surface area contributed by atoms with E-state index in [-0.39, 0.29) is 21.1 Å². The number of rotatable bonds is 36. The summed E-state index contributed by atoms with van der Waals surface area (Å²) < 4.78 is 62.4. The molecule has 0 amide bonds. The van der Waals surface area contributed by atoms with Crippen LogP contribution in [0.2, 0.25) is 0 Å². The van der Waals surface area contributed by atoms with Crippen LogP contribution in [0.1, 0.15) is 160 Å². The molecular weight excluding hydrogens is 1380 g/mol. The SMILES string of the molecule is CCCOP(=S)([S-])OCCC.CCCOP(=S)([S-])OCCC.CCCOP(=S)([S-])OCCC.CCCOP(=S)([S-])OCCC.CCCOP(=S)([S-])OCCC.CCCOP(=S)([S-])OCCC.[W]. The van der Waals surface area contributed by atoms with Crippen LogP contribution in [0.5, 0.6) is 0 Å². The molecule has 0 aliphatic rings. The van der Waals surface area contributed by atoms with Crippen LogP contribution in [0.15, 0.2) is 0 Å². The summed E-state index contributed by atoms with van der Waals surface area (Å²) in [7, 11) is 0. The van der Waals surface area contributed by atoms with Crippen molar-refractivity contribution in [3.05, 3.63) is 0 Å². The summed E-state index contributed by atoms with van der Waals surface area (Å²) >= 11 is 59.5. The second-order valence-electron chi connectivity index (χ2n) is 12.7. The third kappa shape index (κ3) is 81.2. The molecule has 414 valence electrons. The summed E-state index contributed by atoms with van der Waals surface area (Å²) in [5, 5.41) is 0. The topological polar surface area (TPSA) is 111 Å². The quantitative estimate of drug-likeness (QED) is 0.0438. The van der Waals surface area contributed by atoms with Crippen molar-refractivity contribution in [2.24, 2.45) is 0 Å². The van der Waals surface area contributed by atoms with Crippen molar-refractivity contribution in [1.29, 1.82) is 0 Å². The predicted octanol–water partition coefficient (Wildman–Crippen LogP) is 15.7. The maximum absolute atomic E-state index is 5.20. The molecule has 0 N–H and O–H groups in total. The minimum absolute atomic E-state index is 0. The first-order valence-electron chi connectivity index (χ1n) is 22.3. The van der Waals surface area contributed by atoms with Crippen LogP contribution in [0.3, 0.4) is 0 Å². The summed E-state index contributed by atoms with van der Waals surface area (Å²) in [6.45, 7) is 31.6. The molecule has 0 saturated heterocycles. The van der Waals surface area contributed by atoms with Crippen LogP contribution in [0, 0.1) is 0 Å². The Hall–Kier alpha value is 6.21. The third-order valence-electron chi connectivity index (χ3n) is 5.44. The van der Waals surface area contributed by atoms with Gasteiger partial charge in [-0.1, -0.05) is 154 Å². The van der Waals surface area contributed by atoms with E-state index in [1.807, 2.05) is 83.1 Å². The molecule has 0 aromatic heterocycles.